The van der Waals surface area contributed by atoms with E-state index < -0.39 is 0 Å². The zero-order chi connectivity index (χ0) is 21.1. The van der Waals surface area contributed by atoms with Crippen LogP contribution in [0.5, 0.6) is 5.75 Å². The second kappa shape index (κ2) is 9.22. The maximum absolute atomic E-state index is 13.7. The van der Waals surface area contributed by atoms with Crippen LogP contribution >= 0.6 is 23.1 Å². The quantitative estimate of drug-likeness (QED) is 0.243. The van der Waals surface area contributed by atoms with Gasteiger partial charge in [-0.25, -0.2) is 4.98 Å². The number of hydrogen-bond donors (Lipinski definition) is 0. The summed E-state index contributed by atoms with van der Waals surface area (Å²) in [5.74, 6) is 0.499. The second-order valence-corrected chi connectivity index (χ2v) is 9.10. The lowest BCUT2D eigenvalue weighted by molar-refractivity contribution is -0.139. The normalized spacial score (nSPS) is 13.7. The smallest absolute Gasteiger partial charge is 0.316 e. The van der Waals surface area contributed by atoms with Gasteiger partial charge in [0.05, 0.1) is 30.5 Å². The highest BCUT2D eigenvalue weighted by Gasteiger charge is 2.22. The summed E-state index contributed by atoms with van der Waals surface area (Å²) in [4.78, 5) is 32.5. The molecule has 0 radical (unpaired) electrons. The van der Waals surface area contributed by atoms with Gasteiger partial charge >= 0.3 is 5.97 Å². The highest BCUT2D eigenvalue weighted by atomic mass is 32.2. The number of rotatable bonds is 6. The van der Waals surface area contributed by atoms with Crippen LogP contribution in [0.25, 0.3) is 15.9 Å². The minimum Gasteiger partial charge on any atom is -0.497 e. The van der Waals surface area contributed by atoms with Gasteiger partial charge in [0, 0.05) is 4.88 Å². The lowest BCUT2D eigenvalue weighted by Gasteiger charge is -2.13. The summed E-state index contributed by atoms with van der Waals surface area (Å²) in [5.41, 5.74) is 1.79. The number of hydrogen-bond acceptors (Lipinski definition) is 7. The Balaban J connectivity index is 1.86. The number of benzene rings is 1. The van der Waals surface area contributed by atoms with Crippen molar-refractivity contribution in [2.24, 2.45) is 0 Å². The molecule has 0 spiro atoms. The molecular formula is C22H24N2O4S2. The second-order valence-electron chi connectivity index (χ2n) is 7.07. The van der Waals surface area contributed by atoms with E-state index in [9.17, 15) is 9.59 Å². The fourth-order valence-electron chi connectivity index (χ4n) is 3.75. The van der Waals surface area contributed by atoms with Gasteiger partial charge in [0.25, 0.3) is 5.56 Å². The van der Waals surface area contributed by atoms with E-state index in [-0.39, 0.29) is 17.3 Å². The van der Waals surface area contributed by atoms with Crippen molar-refractivity contribution in [1.29, 1.82) is 0 Å². The molecule has 0 N–H and O–H groups in total. The van der Waals surface area contributed by atoms with Crippen LogP contribution in [0.15, 0.2) is 34.2 Å². The van der Waals surface area contributed by atoms with Gasteiger partial charge in [-0.05, 0) is 62.4 Å². The third-order valence-electron chi connectivity index (χ3n) is 5.16. The molecule has 0 atom stereocenters. The van der Waals surface area contributed by atoms with Gasteiger partial charge in [0.1, 0.15) is 10.6 Å². The van der Waals surface area contributed by atoms with Crippen LogP contribution in [0.1, 0.15) is 36.6 Å². The van der Waals surface area contributed by atoms with Crippen LogP contribution in [-0.4, -0.2) is 35.0 Å². The van der Waals surface area contributed by atoms with Gasteiger partial charge in [-0.3, -0.25) is 14.2 Å². The number of carbonyl (C=O) groups excluding carboxylic acids is 1. The molecule has 2 aromatic heterocycles. The van der Waals surface area contributed by atoms with E-state index >= 15 is 0 Å². The van der Waals surface area contributed by atoms with E-state index in [1.165, 1.54) is 23.1 Å². The Labute approximate surface area is 183 Å². The topological polar surface area (TPSA) is 70.4 Å². The Morgan fingerprint density at radius 2 is 1.97 bits per heavy atom. The molecule has 1 aliphatic carbocycles. The molecule has 8 heteroatoms. The van der Waals surface area contributed by atoms with Gasteiger partial charge in [-0.1, -0.05) is 18.2 Å². The van der Waals surface area contributed by atoms with Crippen LogP contribution in [0.2, 0.25) is 0 Å². The van der Waals surface area contributed by atoms with Crippen LogP contribution < -0.4 is 10.3 Å². The molecule has 1 aromatic carbocycles. The van der Waals surface area contributed by atoms with Crippen LogP contribution in [-0.2, 0) is 22.4 Å². The number of nitrogens with zero attached hydrogens (tertiary/aromatic N) is 2. The van der Waals surface area contributed by atoms with Gasteiger partial charge < -0.3 is 9.47 Å². The molecule has 6 nitrogen and oxygen atoms in total. The van der Waals surface area contributed by atoms with Crippen molar-refractivity contribution in [1.82, 2.24) is 9.55 Å². The van der Waals surface area contributed by atoms with E-state index in [1.807, 2.05) is 24.3 Å². The van der Waals surface area contributed by atoms with Gasteiger partial charge in [0.2, 0.25) is 0 Å². The first-order valence-electron chi connectivity index (χ1n) is 10.1. The molecule has 0 fully saturated rings. The van der Waals surface area contributed by atoms with E-state index in [0.29, 0.717) is 23.2 Å². The highest BCUT2D eigenvalue weighted by molar-refractivity contribution is 7.99. The number of aromatic nitrogens is 2. The van der Waals surface area contributed by atoms with Crippen LogP contribution in [0.4, 0.5) is 0 Å². The third kappa shape index (κ3) is 4.11. The number of aryl methyl sites for hydroxylation is 2. The van der Waals surface area contributed by atoms with E-state index in [4.69, 9.17) is 14.5 Å². The number of thiophene rings is 1. The minimum atomic E-state index is -0.319. The monoisotopic (exact) mass is 444 g/mol. The molecule has 0 saturated heterocycles. The molecule has 3 aromatic rings. The summed E-state index contributed by atoms with van der Waals surface area (Å²) in [6.07, 6.45) is 5.36. The highest BCUT2D eigenvalue weighted by Crippen LogP contribution is 2.34. The summed E-state index contributed by atoms with van der Waals surface area (Å²) in [7, 11) is 1.61. The van der Waals surface area contributed by atoms with Crippen LogP contribution in [0, 0.1) is 0 Å². The standard InChI is InChI=1S/C22H24N2O4S2/c1-3-28-18(25)13-29-22-23-20-19(16-7-5-4-6-8-17(16)30-20)21(26)24(22)14-9-11-15(27-2)12-10-14/h9-12H,3-8,13H2,1-2H3. The summed E-state index contributed by atoms with van der Waals surface area (Å²) in [5, 5.41) is 1.23. The van der Waals surface area contributed by atoms with Crippen molar-refractivity contribution in [2.75, 3.05) is 19.5 Å². The first kappa shape index (κ1) is 20.9. The molecule has 0 unspecified atom stereocenters. The van der Waals surface area contributed by atoms with Gasteiger partial charge in [0.15, 0.2) is 5.16 Å². The summed E-state index contributed by atoms with van der Waals surface area (Å²) in [6.45, 7) is 2.10. The van der Waals surface area contributed by atoms with Crippen molar-refractivity contribution in [2.45, 2.75) is 44.2 Å². The fourth-order valence-corrected chi connectivity index (χ4v) is 5.86. The van der Waals surface area contributed by atoms with Crippen molar-refractivity contribution in [3.63, 3.8) is 0 Å². The summed E-state index contributed by atoms with van der Waals surface area (Å²) >= 11 is 2.85. The van der Waals surface area contributed by atoms with Crippen molar-refractivity contribution in [3.05, 3.63) is 45.1 Å². The molecule has 158 valence electrons. The largest absolute Gasteiger partial charge is 0.497 e. The Bertz CT molecular complexity index is 1120. The molecule has 1 aliphatic rings. The predicted molar refractivity (Wildman–Crippen MR) is 120 cm³/mol. The maximum atomic E-state index is 13.7. The zero-order valence-corrected chi connectivity index (χ0v) is 18.7. The summed E-state index contributed by atoms with van der Waals surface area (Å²) < 4.78 is 11.9. The maximum Gasteiger partial charge on any atom is 0.316 e. The lowest BCUT2D eigenvalue weighted by Crippen LogP contribution is -2.22. The fraction of sp³-hybridized carbons (Fsp3) is 0.409. The van der Waals surface area contributed by atoms with Crippen LogP contribution in [0.3, 0.4) is 0 Å². The van der Waals surface area contributed by atoms with E-state index in [1.54, 1.807) is 29.9 Å². The minimum absolute atomic E-state index is 0.0732. The molecule has 0 aliphatic heterocycles. The number of methoxy groups -OCH3 is 1. The number of thioether (sulfide) groups is 1. The Hall–Kier alpha value is -2.32. The molecule has 2 heterocycles. The molecule has 0 amide bonds. The first-order chi connectivity index (χ1) is 14.6. The molecule has 0 bridgehead atoms. The number of carbonyl (C=O) groups is 1. The van der Waals surface area contributed by atoms with Gasteiger partial charge in [-0.15, -0.1) is 11.3 Å². The first-order valence-corrected chi connectivity index (χ1v) is 11.9. The van der Waals surface area contributed by atoms with Crippen molar-refractivity contribution < 1.29 is 14.3 Å². The van der Waals surface area contributed by atoms with Crippen molar-refractivity contribution in [3.8, 4) is 11.4 Å². The van der Waals surface area contributed by atoms with Crippen molar-refractivity contribution >= 4 is 39.3 Å². The third-order valence-corrected chi connectivity index (χ3v) is 7.26. The predicted octanol–water partition coefficient (Wildman–Crippen LogP) is 4.38. The number of fused-ring (bicyclic) bond motifs is 3. The van der Waals surface area contributed by atoms with E-state index in [0.717, 1.165) is 41.5 Å². The molecular weight excluding hydrogens is 420 g/mol. The van der Waals surface area contributed by atoms with E-state index in [2.05, 4.69) is 0 Å². The number of esters is 1. The van der Waals surface area contributed by atoms with Gasteiger partial charge in [-0.2, -0.15) is 0 Å². The molecule has 0 saturated carbocycles. The SMILES string of the molecule is CCOC(=O)CSc1nc2sc3c(c2c(=O)n1-c1ccc(OC)cc1)CCCCC3. The molecule has 4 rings (SSSR count). The Kier molecular flexibility index (Phi) is 6.43. The lowest BCUT2D eigenvalue weighted by atomic mass is 10.1. The molecule has 30 heavy (non-hydrogen) atoms. The Morgan fingerprint density at radius 1 is 1.20 bits per heavy atom. The average molecular weight is 445 g/mol. The average Bonchev–Trinajstić information content (AvgIpc) is 2.94. The summed E-state index contributed by atoms with van der Waals surface area (Å²) in [6, 6.07) is 7.32. The number of ether oxygens (including phenoxy) is 2. The Morgan fingerprint density at radius 3 is 2.70 bits per heavy atom. The zero-order valence-electron chi connectivity index (χ0n) is 17.1.